The first-order valence-corrected chi connectivity index (χ1v) is 13.5. The fourth-order valence-corrected chi connectivity index (χ4v) is 5.56. The summed E-state index contributed by atoms with van der Waals surface area (Å²) in [4.78, 5) is 28.8. The van der Waals surface area contributed by atoms with Crippen LogP contribution < -0.4 is 5.32 Å². The highest BCUT2D eigenvalue weighted by atomic mass is 35.5. The van der Waals surface area contributed by atoms with Crippen molar-refractivity contribution in [1.82, 2.24) is 10.2 Å². The number of amides is 2. The molecule has 0 aliphatic carbocycles. The summed E-state index contributed by atoms with van der Waals surface area (Å²) >= 11 is 6.06. The van der Waals surface area contributed by atoms with Crippen LogP contribution in [-0.2, 0) is 10.4 Å². The van der Waals surface area contributed by atoms with Crippen molar-refractivity contribution in [3.8, 4) is 11.1 Å². The van der Waals surface area contributed by atoms with Gasteiger partial charge >= 0.3 is 0 Å². The van der Waals surface area contributed by atoms with Gasteiger partial charge in [-0.05, 0) is 65.8 Å². The zero-order chi connectivity index (χ0) is 27.7. The van der Waals surface area contributed by atoms with Crippen LogP contribution in [0.25, 0.3) is 11.1 Å². The number of likely N-dealkylation sites (tertiary alicyclic amines) is 1. The second kappa shape index (κ2) is 10.9. The summed E-state index contributed by atoms with van der Waals surface area (Å²) in [5.41, 5.74) is 2.77. The largest absolute Gasteiger partial charge is 0.384 e. The number of benzene rings is 3. The number of piperidine rings is 1. The van der Waals surface area contributed by atoms with E-state index < -0.39 is 17.1 Å². The molecule has 0 aromatic heterocycles. The summed E-state index contributed by atoms with van der Waals surface area (Å²) in [5, 5.41) is 15.3. The molecule has 38 heavy (non-hydrogen) atoms. The summed E-state index contributed by atoms with van der Waals surface area (Å²) in [6, 6.07) is 22.1. The highest BCUT2D eigenvalue weighted by molar-refractivity contribution is 6.30. The van der Waals surface area contributed by atoms with Crippen molar-refractivity contribution < 1.29 is 14.7 Å². The van der Waals surface area contributed by atoms with Gasteiger partial charge in [-0.15, -0.1) is 0 Å². The normalized spacial score (nSPS) is 19.7. The van der Waals surface area contributed by atoms with E-state index >= 15 is 0 Å². The van der Waals surface area contributed by atoms with E-state index in [0.717, 1.165) is 22.3 Å². The maximum atomic E-state index is 13.7. The van der Waals surface area contributed by atoms with Crippen molar-refractivity contribution in [1.29, 1.82) is 0 Å². The molecule has 0 bridgehead atoms. The van der Waals surface area contributed by atoms with Gasteiger partial charge in [0.1, 0.15) is 6.04 Å². The third-order valence-electron chi connectivity index (χ3n) is 7.88. The van der Waals surface area contributed by atoms with Crippen molar-refractivity contribution in [2.45, 2.75) is 52.7 Å². The quantitative estimate of drug-likeness (QED) is 0.396. The molecule has 6 heteroatoms. The molecule has 1 fully saturated rings. The van der Waals surface area contributed by atoms with Crippen LogP contribution in [0.1, 0.15) is 55.6 Å². The standard InChI is InChI=1S/C32H37ClN2O3/c1-21(2)28(34-29(36)24-11-8-10-23(19-24)27-12-7-6-9-22(27)3)30(37)35-18-17-32(38,31(4,5)20-35)25-13-15-26(33)16-14-25/h6-16,19,21,28,38H,17-18,20H2,1-5H3,(H,34,36)/t28-,32+/m1/s1. The van der Waals surface area contributed by atoms with Gasteiger partial charge < -0.3 is 15.3 Å². The Morgan fingerprint density at radius 1 is 1.00 bits per heavy atom. The Hall–Kier alpha value is -3.15. The van der Waals surface area contributed by atoms with Gasteiger partial charge in [-0.3, -0.25) is 9.59 Å². The number of aliphatic hydroxyl groups is 1. The first kappa shape index (κ1) is 27.9. The third-order valence-corrected chi connectivity index (χ3v) is 8.13. The minimum atomic E-state index is -1.10. The molecule has 1 aliphatic rings. The maximum Gasteiger partial charge on any atom is 0.251 e. The van der Waals surface area contributed by atoms with Crippen molar-refractivity contribution in [2.24, 2.45) is 11.3 Å². The topological polar surface area (TPSA) is 69.6 Å². The van der Waals surface area contributed by atoms with Gasteiger partial charge in [0, 0.05) is 29.1 Å². The van der Waals surface area contributed by atoms with E-state index in [4.69, 9.17) is 11.6 Å². The molecule has 2 amide bonds. The van der Waals surface area contributed by atoms with Crippen LogP contribution in [0.3, 0.4) is 0 Å². The summed E-state index contributed by atoms with van der Waals surface area (Å²) in [7, 11) is 0. The highest BCUT2D eigenvalue weighted by Crippen LogP contribution is 2.46. The number of nitrogens with zero attached hydrogens (tertiary/aromatic N) is 1. The van der Waals surface area contributed by atoms with Crippen LogP contribution in [0.2, 0.25) is 5.02 Å². The number of carbonyl (C=O) groups excluding carboxylic acids is 2. The van der Waals surface area contributed by atoms with Crippen LogP contribution in [0.5, 0.6) is 0 Å². The summed E-state index contributed by atoms with van der Waals surface area (Å²) in [5.74, 6) is -0.512. The smallest absolute Gasteiger partial charge is 0.251 e. The Bertz CT molecular complexity index is 1320. The molecular formula is C32H37ClN2O3. The second-order valence-electron chi connectivity index (χ2n) is 11.4. The van der Waals surface area contributed by atoms with E-state index in [-0.39, 0.29) is 17.7 Å². The fraction of sp³-hybridized carbons (Fsp3) is 0.375. The van der Waals surface area contributed by atoms with E-state index in [1.54, 1.807) is 23.1 Å². The zero-order valence-electron chi connectivity index (χ0n) is 22.8. The lowest BCUT2D eigenvalue weighted by Crippen LogP contribution is -2.60. The van der Waals surface area contributed by atoms with Crippen molar-refractivity contribution in [2.75, 3.05) is 13.1 Å². The molecular weight excluding hydrogens is 496 g/mol. The lowest BCUT2D eigenvalue weighted by atomic mass is 9.66. The van der Waals surface area contributed by atoms with Gasteiger partial charge in [0.15, 0.2) is 0 Å². The van der Waals surface area contributed by atoms with Gasteiger partial charge in [0.05, 0.1) is 5.60 Å². The number of hydrogen-bond donors (Lipinski definition) is 2. The monoisotopic (exact) mass is 532 g/mol. The number of carbonyl (C=O) groups is 2. The molecule has 0 saturated carbocycles. The lowest BCUT2D eigenvalue weighted by Gasteiger charge is -2.51. The zero-order valence-corrected chi connectivity index (χ0v) is 23.5. The molecule has 0 spiro atoms. The maximum absolute atomic E-state index is 13.7. The first-order chi connectivity index (χ1) is 17.9. The molecule has 1 heterocycles. The van der Waals surface area contributed by atoms with Crippen LogP contribution in [0.4, 0.5) is 0 Å². The van der Waals surface area contributed by atoms with Gasteiger partial charge in [-0.2, -0.15) is 0 Å². The predicted octanol–water partition coefficient (Wildman–Crippen LogP) is 6.22. The lowest BCUT2D eigenvalue weighted by molar-refractivity contribution is -0.155. The molecule has 0 radical (unpaired) electrons. The molecule has 200 valence electrons. The Balaban J connectivity index is 1.51. The average Bonchev–Trinajstić information content (AvgIpc) is 2.89. The van der Waals surface area contributed by atoms with Crippen molar-refractivity contribution in [3.05, 3.63) is 94.5 Å². The van der Waals surface area contributed by atoms with E-state index in [2.05, 4.69) is 5.32 Å². The molecule has 3 aromatic carbocycles. The highest BCUT2D eigenvalue weighted by Gasteiger charge is 2.50. The van der Waals surface area contributed by atoms with E-state index in [1.807, 2.05) is 89.2 Å². The molecule has 1 aliphatic heterocycles. The Labute approximate surface area is 230 Å². The van der Waals surface area contributed by atoms with Crippen LogP contribution in [-0.4, -0.2) is 41.0 Å². The second-order valence-corrected chi connectivity index (χ2v) is 11.8. The predicted molar refractivity (Wildman–Crippen MR) is 153 cm³/mol. The molecule has 3 aromatic rings. The van der Waals surface area contributed by atoms with E-state index in [1.165, 1.54) is 0 Å². The number of aryl methyl sites for hydroxylation is 1. The van der Waals surface area contributed by atoms with Crippen molar-refractivity contribution in [3.63, 3.8) is 0 Å². The Morgan fingerprint density at radius 2 is 1.68 bits per heavy atom. The first-order valence-electron chi connectivity index (χ1n) is 13.2. The molecule has 2 N–H and O–H groups in total. The summed E-state index contributed by atoms with van der Waals surface area (Å²) in [6.45, 7) is 10.6. The average molecular weight is 533 g/mol. The molecule has 0 unspecified atom stereocenters. The van der Waals surface area contributed by atoms with Crippen LogP contribution >= 0.6 is 11.6 Å². The third kappa shape index (κ3) is 5.50. The summed E-state index contributed by atoms with van der Waals surface area (Å²) < 4.78 is 0. The van der Waals surface area contributed by atoms with Crippen LogP contribution in [0, 0.1) is 18.3 Å². The van der Waals surface area contributed by atoms with E-state index in [0.29, 0.717) is 30.1 Å². The van der Waals surface area contributed by atoms with Crippen LogP contribution in [0.15, 0.2) is 72.8 Å². The van der Waals surface area contributed by atoms with Gasteiger partial charge in [0.2, 0.25) is 5.91 Å². The van der Waals surface area contributed by atoms with Gasteiger partial charge in [-0.25, -0.2) is 0 Å². The number of halogens is 1. The Morgan fingerprint density at radius 3 is 2.32 bits per heavy atom. The SMILES string of the molecule is Cc1ccccc1-c1cccc(C(=O)N[C@@H](C(=O)N2CC[C@](O)(c3ccc(Cl)cc3)C(C)(C)C2)C(C)C)c1. The molecule has 1 saturated heterocycles. The van der Waals surface area contributed by atoms with E-state index in [9.17, 15) is 14.7 Å². The van der Waals surface area contributed by atoms with Gasteiger partial charge in [-0.1, -0.05) is 87.8 Å². The summed E-state index contributed by atoms with van der Waals surface area (Å²) in [6.07, 6.45) is 0.393. The number of rotatable bonds is 6. The minimum Gasteiger partial charge on any atom is -0.384 e. The number of nitrogens with one attached hydrogen (secondary N) is 1. The van der Waals surface area contributed by atoms with Crippen molar-refractivity contribution >= 4 is 23.4 Å². The molecule has 5 nitrogen and oxygen atoms in total. The molecule has 2 atom stereocenters. The van der Waals surface area contributed by atoms with Gasteiger partial charge in [0.25, 0.3) is 5.91 Å². The molecule has 4 rings (SSSR count). The minimum absolute atomic E-state index is 0.105. The Kier molecular flexibility index (Phi) is 8.01. The number of hydrogen-bond acceptors (Lipinski definition) is 3. The fourth-order valence-electron chi connectivity index (χ4n) is 5.43.